The number of rotatable bonds is 7. The monoisotopic (exact) mass is 658 g/mol. The summed E-state index contributed by atoms with van der Waals surface area (Å²) < 4.78 is 52.7. The van der Waals surface area contributed by atoms with Crippen molar-refractivity contribution in [1.29, 1.82) is 5.26 Å². The van der Waals surface area contributed by atoms with Crippen LogP contribution < -0.4 is 14.5 Å². The van der Waals surface area contributed by atoms with Crippen molar-refractivity contribution < 1.29 is 32.2 Å². The summed E-state index contributed by atoms with van der Waals surface area (Å²) in [7, 11) is 0. The Morgan fingerprint density at radius 3 is 2.46 bits per heavy atom. The molecular weight excluding hydrogens is 621 g/mol. The second-order valence-electron chi connectivity index (χ2n) is 13.2. The summed E-state index contributed by atoms with van der Waals surface area (Å²) in [6, 6.07) is 8.01. The quantitative estimate of drug-likeness (QED) is 0.356. The second-order valence-corrected chi connectivity index (χ2v) is 13.5. The molecule has 0 aliphatic carbocycles. The van der Waals surface area contributed by atoms with Crippen LogP contribution in [0.15, 0.2) is 30.5 Å². The summed E-state index contributed by atoms with van der Waals surface area (Å²) in [5.41, 5.74) is -2.49. The molecule has 1 aromatic carbocycles. The highest BCUT2D eigenvalue weighted by molar-refractivity contribution is 7.81. The van der Waals surface area contributed by atoms with E-state index in [1.165, 1.54) is 6.07 Å². The van der Waals surface area contributed by atoms with Crippen LogP contribution in [-0.4, -0.2) is 81.4 Å². The van der Waals surface area contributed by atoms with Crippen LogP contribution >= 0.6 is 12.2 Å². The van der Waals surface area contributed by atoms with Gasteiger partial charge in [0.25, 0.3) is 5.91 Å². The maximum Gasteiger partial charge on any atom is 0.419 e. The zero-order chi connectivity index (χ0) is 33.8. The lowest BCUT2D eigenvalue weighted by molar-refractivity contribution is -0.138. The highest BCUT2D eigenvalue weighted by Crippen LogP contribution is 2.40. The third-order valence-electron chi connectivity index (χ3n) is 8.51. The number of piperazine rings is 1. The minimum atomic E-state index is -4.84. The number of nitriles is 1. The van der Waals surface area contributed by atoms with Crippen molar-refractivity contribution >= 4 is 40.7 Å². The third kappa shape index (κ3) is 6.22. The molecule has 46 heavy (non-hydrogen) atoms. The van der Waals surface area contributed by atoms with Crippen molar-refractivity contribution in [2.75, 3.05) is 36.0 Å². The average molecular weight is 659 g/mol. The van der Waals surface area contributed by atoms with E-state index in [0.717, 1.165) is 35.7 Å². The predicted octanol–water partition coefficient (Wildman–Crippen LogP) is 5.52. The molecule has 3 aliphatic heterocycles. The molecule has 4 heterocycles. The molecule has 14 heteroatoms. The maximum atomic E-state index is 13.6. The molecule has 2 bridgehead atoms. The Balaban J connectivity index is 1.27. The molecule has 246 valence electrons. The average Bonchev–Trinajstić information content (AvgIpc) is 3.62. The largest absolute Gasteiger partial charge is 0.492 e. The molecule has 3 fully saturated rings. The predicted molar refractivity (Wildman–Crippen MR) is 169 cm³/mol. The molecule has 3 saturated heterocycles. The van der Waals surface area contributed by atoms with Gasteiger partial charge in [-0.05, 0) is 89.5 Å². The van der Waals surface area contributed by atoms with E-state index in [0.29, 0.717) is 37.6 Å². The molecule has 0 N–H and O–H groups in total. The molecule has 2 aromatic rings. The number of alkyl halides is 3. The van der Waals surface area contributed by atoms with E-state index in [1.807, 2.05) is 44.7 Å². The Hall–Kier alpha value is -3.96. The van der Waals surface area contributed by atoms with E-state index < -0.39 is 34.5 Å². The number of ether oxygens (including phenoxy) is 2. The topological polar surface area (TPSA) is 102 Å². The molecule has 10 nitrogen and oxygen atoms in total. The Morgan fingerprint density at radius 2 is 1.87 bits per heavy atom. The van der Waals surface area contributed by atoms with Gasteiger partial charge < -0.3 is 19.3 Å². The van der Waals surface area contributed by atoms with E-state index >= 15 is 0 Å². The van der Waals surface area contributed by atoms with E-state index in [-0.39, 0.29) is 29.0 Å². The normalized spacial score (nSPS) is 21.3. The van der Waals surface area contributed by atoms with Crippen LogP contribution in [-0.2, 0) is 22.1 Å². The molecule has 0 unspecified atom stereocenters. The van der Waals surface area contributed by atoms with Gasteiger partial charge in [0.15, 0.2) is 10.8 Å². The second kappa shape index (κ2) is 12.0. The van der Waals surface area contributed by atoms with Crippen LogP contribution in [0.2, 0.25) is 0 Å². The first-order valence-electron chi connectivity index (χ1n) is 15.1. The number of likely N-dealkylation sites (tertiary alicyclic amines) is 2. The molecule has 2 atom stereocenters. The van der Waals surface area contributed by atoms with Gasteiger partial charge in [0, 0.05) is 37.4 Å². The lowest BCUT2D eigenvalue weighted by Gasteiger charge is -2.35. The van der Waals surface area contributed by atoms with Crippen LogP contribution in [0.5, 0.6) is 5.75 Å². The van der Waals surface area contributed by atoms with Crippen LogP contribution in [0.3, 0.4) is 0 Å². The number of amides is 2. The van der Waals surface area contributed by atoms with Gasteiger partial charge in [-0.1, -0.05) is 6.92 Å². The molecule has 0 radical (unpaired) electrons. The molecule has 3 aliphatic rings. The fraction of sp³-hybridized carbons (Fsp3) is 0.531. The van der Waals surface area contributed by atoms with Gasteiger partial charge >= 0.3 is 12.3 Å². The lowest BCUT2D eigenvalue weighted by atomic mass is 10.0. The third-order valence-corrected chi connectivity index (χ3v) is 8.88. The van der Waals surface area contributed by atoms with Crippen LogP contribution in [0.25, 0.3) is 0 Å². The van der Waals surface area contributed by atoms with Crippen molar-refractivity contribution in [3.8, 4) is 11.8 Å². The number of hydrogen-bond acceptors (Lipinski definition) is 8. The van der Waals surface area contributed by atoms with Crippen molar-refractivity contribution in [1.82, 2.24) is 14.8 Å². The number of halogens is 3. The van der Waals surface area contributed by atoms with E-state index in [9.17, 15) is 22.8 Å². The number of fused-ring (bicyclic) bond motifs is 2. The number of hydrogen-bond donors (Lipinski definition) is 0. The maximum absolute atomic E-state index is 13.6. The highest BCUT2D eigenvalue weighted by Gasteiger charge is 2.51. The number of carbonyl (C=O) groups is 2. The summed E-state index contributed by atoms with van der Waals surface area (Å²) in [5, 5.41) is 9.12. The van der Waals surface area contributed by atoms with Gasteiger partial charge in [0.1, 0.15) is 29.6 Å². The fourth-order valence-corrected chi connectivity index (χ4v) is 6.82. The first kappa shape index (κ1) is 33.4. The number of benzene rings is 1. The summed E-state index contributed by atoms with van der Waals surface area (Å²) in [6.07, 6.45) is -2.53. The van der Waals surface area contributed by atoms with Crippen LogP contribution in [0, 0.1) is 11.3 Å². The van der Waals surface area contributed by atoms with Gasteiger partial charge in [0.2, 0.25) is 0 Å². The Kier molecular flexibility index (Phi) is 8.72. The molecule has 2 amide bonds. The van der Waals surface area contributed by atoms with Crippen LogP contribution in [0.1, 0.15) is 64.8 Å². The van der Waals surface area contributed by atoms with Crippen molar-refractivity contribution in [2.45, 2.75) is 83.8 Å². The first-order chi connectivity index (χ1) is 21.5. The van der Waals surface area contributed by atoms with E-state index in [4.69, 9.17) is 27.0 Å². The Morgan fingerprint density at radius 1 is 1.15 bits per heavy atom. The van der Waals surface area contributed by atoms with Crippen molar-refractivity contribution in [3.05, 3.63) is 47.3 Å². The SMILES string of the molecule is CCc1cc(N2C(=S)N(c3cnc(C#N)c(C(F)(F)F)c3)C(=O)C2(C)C)ccc1OCCN1C[C@@H]2C[C@H]1CN2C(=O)OC(C)(C)C. The van der Waals surface area contributed by atoms with Gasteiger partial charge in [0.05, 0.1) is 17.4 Å². The van der Waals surface area contributed by atoms with Crippen molar-refractivity contribution in [3.63, 3.8) is 0 Å². The van der Waals surface area contributed by atoms with E-state index in [2.05, 4.69) is 9.88 Å². The number of aryl methyl sites for hydroxylation is 1. The number of thiocarbonyl (C=S) groups is 1. The molecule has 5 rings (SSSR count). The fourth-order valence-electron chi connectivity index (χ4n) is 6.30. The number of nitrogens with zero attached hydrogens (tertiary/aromatic N) is 6. The van der Waals surface area contributed by atoms with Crippen LogP contribution in [0.4, 0.5) is 29.3 Å². The van der Waals surface area contributed by atoms with E-state index in [1.54, 1.807) is 24.8 Å². The lowest BCUT2D eigenvalue weighted by Crippen LogP contribution is -2.50. The number of aromatic nitrogens is 1. The van der Waals surface area contributed by atoms with Gasteiger partial charge in [-0.2, -0.15) is 18.4 Å². The highest BCUT2D eigenvalue weighted by atomic mass is 32.1. The Labute approximate surface area is 271 Å². The summed E-state index contributed by atoms with van der Waals surface area (Å²) >= 11 is 5.66. The summed E-state index contributed by atoms with van der Waals surface area (Å²) in [4.78, 5) is 36.6. The minimum absolute atomic E-state index is 0.00475. The van der Waals surface area contributed by atoms with Gasteiger partial charge in [-0.25, -0.2) is 9.78 Å². The van der Waals surface area contributed by atoms with Gasteiger partial charge in [-0.15, -0.1) is 0 Å². The summed E-state index contributed by atoms with van der Waals surface area (Å²) in [6.45, 7) is 13.4. The Bertz CT molecular complexity index is 1600. The number of carbonyl (C=O) groups excluding carboxylic acids is 2. The molecule has 0 spiro atoms. The molecule has 1 aromatic heterocycles. The number of pyridine rings is 1. The molecular formula is C32H37F3N6O4S. The smallest absolute Gasteiger partial charge is 0.419 e. The zero-order valence-corrected chi connectivity index (χ0v) is 27.5. The van der Waals surface area contributed by atoms with Gasteiger partial charge in [-0.3, -0.25) is 14.6 Å². The molecule has 0 saturated carbocycles. The van der Waals surface area contributed by atoms with Crippen molar-refractivity contribution in [2.24, 2.45) is 0 Å². The minimum Gasteiger partial charge on any atom is -0.492 e. The standard InChI is InChI=1S/C32H37F3N6O4S/c1-7-19-12-20(8-9-26(19)44-11-10-38-17-23-13-22(38)18-39(23)29(43)45-30(2,3)4)41-28(46)40(27(42)31(41,5)6)21-14-24(32(33,34)35)25(15-36)37-16-21/h8-9,12,14,16,22-23H,7,10-11,13,17-18H2,1-6H3/t22-,23-/m0/s1. The zero-order valence-electron chi connectivity index (χ0n) is 26.6. The summed E-state index contributed by atoms with van der Waals surface area (Å²) in [5.74, 6) is 0.156. The number of anilines is 2. The first-order valence-corrected chi connectivity index (χ1v) is 15.5.